The first-order valence-electron chi connectivity index (χ1n) is 8.68. The number of anilines is 1. The van der Waals surface area contributed by atoms with Crippen molar-refractivity contribution in [3.05, 3.63) is 30.3 Å². The van der Waals surface area contributed by atoms with Gasteiger partial charge in [0.05, 0.1) is 0 Å². The first-order chi connectivity index (χ1) is 10.8. The molecular weight excluding hydrogens is 274 g/mol. The SMILES string of the molecule is O=C(Nc1ccccc1)N1CCCC(NC2CCCCC2)C1. The smallest absolute Gasteiger partial charge is 0.321 e. The van der Waals surface area contributed by atoms with E-state index in [4.69, 9.17) is 0 Å². The van der Waals surface area contributed by atoms with E-state index in [1.54, 1.807) is 0 Å². The molecule has 0 aromatic heterocycles. The minimum Gasteiger partial charge on any atom is -0.323 e. The molecule has 0 radical (unpaired) electrons. The van der Waals surface area contributed by atoms with E-state index in [0.29, 0.717) is 12.1 Å². The van der Waals surface area contributed by atoms with Gasteiger partial charge in [-0.2, -0.15) is 0 Å². The zero-order valence-electron chi connectivity index (χ0n) is 13.3. The Labute approximate surface area is 133 Å². The lowest BCUT2D eigenvalue weighted by Gasteiger charge is -2.36. The molecule has 0 spiro atoms. The van der Waals surface area contributed by atoms with Crippen molar-refractivity contribution in [3.63, 3.8) is 0 Å². The fraction of sp³-hybridized carbons (Fsp3) is 0.611. The maximum atomic E-state index is 12.4. The molecule has 1 atom stereocenters. The number of hydrogen-bond donors (Lipinski definition) is 2. The van der Waals surface area contributed by atoms with Crippen molar-refractivity contribution in [1.82, 2.24) is 10.2 Å². The van der Waals surface area contributed by atoms with Gasteiger partial charge in [-0.3, -0.25) is 0 Å². The van der Waals surface area contributed by atoms with Crippen LogP contribution >= 0.6 is 0 Å². The van der Waals surface area contributed by atoms with E-state index >= 15 is 0 Å². The van der Waals surface area contributed by atoms with Crippen LogP contribution in [0.4, 0.5) is 10.5 Å². The Morgan fingerprint density at radius 1 is 0.955 bits per heavy atom. The molecule has 4 nitrogen and oxygen atoms in total. The van der Waals surface area contributed by atoms with Crippen molar-refractivity contribution in [3.8, 4) is 0 Å². The molecule has 2 amide bonds. The molecular formula is C18H27N3O. The molecule has 1 aliphatic carbocycles. The number of benzene rings is 1. The number of nitrogens with zero attached hydrogens (tertiary/aromatic N) is 1. The number of hydrogen-bond acceptors (Lipinski definition) is 2. The molecule has 0 bridgehead atoms. The molecule has 22 heavy (non-hydrogen) atoms. The monoisotopic (exact) mass is 301 g/mol. The molecule has 2 fully saturated rings. The van der Waals surface area contributed by atoms with Crippen LogP contribution in [0.25, 0.3) is 0 Å². The number of piperidine rings is 1. The minimum atomic E-state index is 0.0290. The second-order valence-electron chi connectivity index (χ2n) is 6.58. The van der Waals surface area contributed by atoms with Gasteiger partial charge in [0.25, 0.3) is 0 Å². The summed E-state index contributed by atoms with van der Waals surface area (Å²) in [7, 11) is 0. The van der Waals surface area contributed by atoms with Crippen molar-refractivity contribution in [2.24, 2.45) is 0 Å². The highest BCUT2D eigenvalue weighted by Crippen LogP contribution is 2.20. The Balaban J connectivity index is 1.50. The second kappa shape index (κ2) is 7.63. The normalized spacial score (nSPS) is 23.3. The van der Waals surface area contributed by atoms with Crippen molar-refractivity contribution >= 4 is 11.7 Å². The Morgan fingerprint density at radius 2 is 1.68 bits per heavy atom. The number of urea groups is 1. The van der Waals surface area contributed by atoms with Gasteiger partial charge < -0.3 is 15.5 Å². The third kappa shape index (κ3) is 4.23. The second-order valence-corrected chi connectivity index (χ2v) is 6.58. The first kappa shape index (κ1) is 15.3. The van der Waals surface area contributed by atoms with Crippen LogP contribution in [0.5, 0.6) is 0 Å². The Morgan fingerprint density at radius 3 is 2.45 bits per heavy atom. The van der Waals surface area contributed by atoms with Gasteiger partial charge in [0.2, 0.25) is 0 Å². The summed E-state index contributed by atoms with van der Waals surface area (Å²) in [6.45, 7) is 1.69. The summed E-state index contributed by atoms with van der Waals surface area (Å²) >= 11 is 0. The lowest BCUT2D eigenvalue weighted by atomic mass is 9.94. The summed E-state index contributed by atoms with van der Waals surface area (Å²) in [5.74, 6) is 0. The third-order valence-corrected chi connectivity index (χ3v) is 4.81. The van der Waals surface area contributed by atoms with Crippen LogP contribution in [-0.4, -0.2) is 36.1 Å². The van der Waals surface area contributed by atoms with E-state index in [9.17, 15) is 4.79 Å². The van der Waals surface area contributed by atoms with Crippen LogP contribution in [0.1, 0.15) is 44.9 Å². The summed E-state index contributed by atoms with van der Waals surface area (Å²) in [6, 6.07) is 10.9. The van der Waals surface area contributed by atoms with Gasteiger partial charge in [0, 0.05) is 30.9 Å². The van der Waals surface area contributed by atoms with Gasteiger partial charge in [0.1, 0.15) is 0 Å². The Bertz CT molecular complexity index is 470. The molecule has 120 valence electrons. The zero-order valence-corrected chi connectivity index (χ0v) is 13.3. The number of amides is 2. The van der Waals surface area contributed by atoms with E-state index < -0.39 is 0 Å². The fourth-order valence-corrected chi connectivity index (χ4v) is 3.62. The maximum absolute atomic E-state index is 12.4. The van der Waals surface area contributed by atoms with Gasteiger partial charge in [0.15, 0.2) is 0 Å². The van der Waals surface area contributed by atoms with Gasteiger partial charge in [-0.15, -0.1) is 0 Å². The summed E-state index contributed by atoms with van der Waals surface area (Å²) < 4.78 is 0. The van der Waals surface area contributed by atoms with E-state index in [0.717, 1.165) is 25.2 Å². The largest absolute Gasteiger partial charge is 0.323 e. The summed E-state index contributed by atoms with van der Waals surface area (Å²) in [6.07, 6.45) is 8.96. The average Bonchev–Trinajstić information content (AvgIpc) is 2.57. The molecule has 2 N–H and O–H groups in total. The fourth-order valence-electron chi connectivity index (χ4n) is 3.62. The minimum absolute atomic E-state index is 0.0290. The molecule has 3 rings (SSSR count). The summed E-state index contributed by atoms with van der Waals surface area (Å²) in [5, 5.41) is 6.78. The first-order valence-corrected chi connectivity index (χ1v) is 8.68. The van der Waals surface area contributed by atoms with E-state index in [2.05, 4.69) is 10.6 Å². The van der Waals surface area contributed by atoms with Gasteiger partial charge in [-0.1, -0.05) is 37.5 Å². The van der Waals surface area contributed by atoms with Gasteiger partial charge >= 0.3 is 6.03 Å². The highest BCUT2D eigenvalue weighted by molar-refractivity contribution is 5.89. The van der Waals surface area contributed by atoms with Crippen LogP contribution in [0, 0.1) is 0 Å². The van der Waals surface area contributed by atoms with Crippen LogP contribution < -0.4 is 10.6 Å². The van der Waals surface area contributed by atoms with Crippen molar-refractivity contribution in [1.29, 1.82) is 0 Å². The molecule has 1 aliphatic heterocycles. The lowest BCUT2D eigenvalue weighted by molar-refractivity contribution is 0.177. The molecule has 1 aromatic carbocycles. The maximum Gasteiger partial charge on any atom is 0.321 e. The standard InChI is InChI=1S/C18H27N3O/c22-18(20-16-10-5-2-6-11-16)21-13-7-12-17(14-21)19-15-8-3-1-4-9-15/h2,5-6,10-11,15,17,19H,1,3-4,7-9,12-14H2,(H,20,22). The molecule has 1 saturated carbocycles. The number of carbonyl (C=O) groups excluding carboxylic acids is 1. The van der Waals surface area contributed by atoms with Gasteiger partial charge in [-0.05, 0) is 37.8 Å². The highest BCUT2D eigenvalue weighted by atomic mass is 16.2. The average molecular weight is 301 g/mol. The topological polar surface area (TPSA) is 44.4 Å². The van der Waals surface area contributed by atoms with Crippen LogP contribution in [0.2, 0.25) is 0 Å². The molecule has 1 unspecified atom stereocenters. The number of para-hydroxylation sites is 1. The summed E-state index contributed by atoms with van der Waals surface area (Å²) in [5.41, 5.74) is 0.870. The van der Waals surface area contributed by atoms with Crippen molar-refractivity contribution in [2.75, 3.05) is 18.4 Å². The van der Waals surface area contributed by atoms with Crippen LogP contribution in [-0.2, 0) is 0 Å². The quantitative estimate of drug-likeness (QED) is 0.896. The number of carbonyl (C=O) groups is 1. The third-order valence-electron chi connectivity index (χ3n) is 4.81. The molecule has 1 heterocycles. The lowest BCUT2D eigenvalue weighted by Crippen LogP contribution is -2.52. The zero-order chi connectivity index (χ0) is 15.2. The number of rotatable bonds is 3. The van der Waals surface area contributed by atoms with Gasteiger partial charge in [-0.25, -0.2) is 4.79 Å². The molecule has 4 heteroatoms. The predicted octanol–water partition coefficient (Wildman–Crippen LogP) is 3.61. The summed E-state index contributed by atoms with van der Waals surface area (Å²) in [4.78, 5) is 14.3. The number of nitrogens with one attached hydrogen (secondary N) is 2. The molecule has 1 saturated heterocycles. The van der Waals surface area contributed by atoms with Crippen molar-refractivity contribution in [2.45, 2.75) is 57.0 Å². The predicted molar refractivity (Wildman–Crippen MR) is 90.1 cm³/mol. The molecule has 2 aliphatic rings. The van der Waals surface area contributed by atoms with E-state index in [1.165, 1.54) is 38.5 Å². The van der Waals surface area contributed by atoms with E-state index in [-0.39, 0.29) is 6.03 Å². The van der Waals surface area contributed by atoms with Crippen LogP contribution in [0.3, 0.4) is 0 Å². The highest BCUT2D eigenvalue weighted by Gasteiger charge is 2.25. The Hall–Kier alpha value is -1.55. The Kier molecular flexibility index (Phi) is 5.33. The van der Waals surface area contributed by atoms with E-state index in [1.807, 2.05) is 35.2 Å². The molecule has 1 aromatic rings. The van der Waals surface area contributed by atoms with Crippen LogP contribution in [0.15, 0.2) is 30.3 Å². The number of likely N-dealkylation sites (tertiary alicyclic amines) is 1. The van der Waals surface area contributed by atoms with Crippen molar-refractivity contribution < 1.29 is 4.79 Å².